The van der Waals surface area contributed by atoms with E-state index in [2.05, 4.69) is 48.8 Å². The lowest BCUT2D eigenvalue weighted by molar-refractivity contribution is 0.0732. The number of hydrogen-bond donors (Lipinski definition) is 0. The second-order valence-corrected chi connectivity index (χ2v) is 8.80. The number of carbonyl (C=O) groups is 1. The first kappa shape index (κ1) is 21.1. The summed E-state index contributed by atoms with van der Waals surface area (Å²) in [7, 11) is 0. The van der Waals surface area contributed by atoms with E-state index in [0.717, 1.165) is 22.2 Å². The second-order valence-electron chi connectivity index (χ2n) is 7.89. The van der Waals surface area contributed by atoms with Crippen LogP contribution in [0.15, 0.2) is 77.3 Å². The van der Waals surface area contributed by atoms with Gasteiger partial charge < -0.3 is 9.47 Å². The van der Waals surface area contributed by atoms with Gasteiger partial charge in [-0.3, -0.25) is 0 Å². The molecule has 0 amide bonds. The lowest BCUT2D eigenvalue weighted by atomic mass is 9.86. The predicted octanol–water partition coefficient (Wildman–Crippen LogP) is 6.59. The zero-order valence-electron chi connectivity index (χ0n) is 16.9. The Labute approximate surface area is 180 Å². The van der Waals surface area contributed by atoms with Crippen molar-refractivity contribution in [2.75, 3.05) is 6.61 Å². The number of carbonyl (C=O) groups excluding carboxylic acids is 1. The van der Waals surface area contributed by atoms with E-state index in [-0.39, 0.29) is 11.4 Å². The van der Waals surface area contributed by atoms with E-state index in [1.54, 1.807) is 24.3 Å². The zero-order chi connectivity index (χ0) is 20.9. The first-order chi connectivity index (χ1) is 13.8. The summed E-state index contributed by atoms with van der Waals surface area (Å²) in [5, 5.41) is 0. The van der Waals surface area contributed by atoms with Gasteiger partial charge in [-0.2, -0.15) is 0 Å². The molecule has 29 heavy (non-hydrogen) atoms. The topological polar surface area (TPSA) is 35.5 Å². The van der Waals surface area contributed by atoms with Gasteiger partial charge in [0.25, 0.3) is 0 Å². The van der Waals surface area contributed by atoms with Gasteiger partial charge in [0.15, 0.2) is 0 Å². The minimum Gasteiger partial charge on any atom is -0.493 e. The van der Waals surface area contributed by atoms with Crippen molar-refractivity contribution in [1.29, 1.82) is 0 Å². The highest BCUT2D eigenvalue weighted by molar-refractivity contribution is 9.10. The Bertz CT molecular complexity index is 958. The van der Waals surface area contributed by atoms with E-state index in [0.29, 0.717) is 17.9 Å². The Kier molecular flexibility index (Phi) is 6.75. The fourth-order valence-corrected chi connectivity index (χ4v) is 3.32. The summed E-state index contributed by atoms with van der Waals surface area (Å²) in [4.78, 5) is 12.6. The molecule has 3 aromatic rings. The summed E-state index contributed by atoms with van der Waals surface area (Å²) >= 11 is 3.49. The Morgan fingerprint density at radius 2 is 1.62 bits per heavy atom. The van der Waals surface area contributed by atoms with Gasteiger partial charge in [0.2, 0.25) is 0 Å². The molecule has 3 rings (SSSR count). The van der Waals surface area contributed by atoms with Crippen molar-refractivity contribution in [1.82, 2.24) is 0 Å². The Morgan fingerprint density at radius 1 is 0.931 bits per heavy atom. The summed E-state index contributed by atoms with van der Waals surface area (Å²) in [6.45, 7) is 6.86. The molecule has 3 aromatic carbocycles. The molecular weight excluding hydrogens is 428 g/mol. The third-order valence-corrected chi connectivity index (χ3v) is 5.04. The Hall–Kier alpha value is -2.59. The largest absolute Gasteiger partial charge is 0.493 e. The van der Waals surface area contributed by atoms with Gasteiger partial charge in [-0.25, -0.2) is 4.79 Å². The van der Waals surface area contributed by atoms with Crippen molar-refractivity contribution in [3.05, 3.63) is 94.0 Å². The second kappa shape index (κ2) is 9.27. The van der Waals surface area contributed by atoms with Crippen LogP contribution < -0.4 is 9.47 Å². The van der Waals surface area contributed by atoms with Gasteiger partial charge in [-0.15, -0.1) is 0 Å². The van der Waals surface area contributed by atoms with Crippen molar-refractivity contribution in [3.8, 4) is 11.5 Å². The molecule has 0 spiro atoms. The Balaban J connectivity index is 1.62. The molecular formula is C25H25BrO3. The summed E-state index contributed by atoms with van der Waals surface area (Å²) in [6.07, 6.45) is 0.837. The molecule has 0 atom stereocenters. The third kappa shape index (κ3) is 5.94. The first-order valence-electron chi connectivity index (χ1n) is 9.62. The van der Waals surface area contributed by atoms with E-state index < -0.39 is 0 Å². The molecule has 3 nitrogen and oxygen atoms in total. The van der Waals surface area contributed by atoms with Crippen molar-refractivity contribution >= 4 is 21.9 Å². The van der Waals surface area contributed by atoms with Gasteiger partial charge in [-0.1, -0.05) is 67.0 Å². The molecule has 0 saturated carbocycles. The number of esters is 1. The lowest BCUT2D eigenvalue weighted by Crippen LogP contribution is -2.16. The monoisotopic (exact) mass is 452 g/mol. The van der Waals surface area contributed by atoms with Crippen molar-refractivity contribution < 1.29 is 14.3 Å². The van der Waals surface area contributed by atoms with Crippen LogP contribution in [0.4, 0.5) is 0 Å². The molecule has 0 saturated heterocycles. The fraction of sp³-hybridized carbons (Fsp3) is 0.240. The molecule has 0 aliphatic carbocycles. The maximum absolute atomic E-state index is 12.6. The standard InChI is InChI=1S/C25H25BrO3/c1-25(2,3)22-17-20(26)11-14-23(22)29-24(27)19-9-12-21(13-10-19)28-16-15-18-7-5-4-6-8-18/h4-14,17H,15-16H2,1-3H3. The van der Waals surface area contributed by atoms with Crippen molar-refractivity contribution in [2.45, 2.75) is 32.6 Å². The van der Waals surface area contributed by atoms with Crippen molar-refractivity contribution in [2.24, 2.45) is 0 Å². The summed E-state index contributed by atoms with van der Waals surface area (Å²) in [5.74, 6) is 0.930. The minimum absolute atomic E-state index is 0.143. The van der Waals surface area contributed by atoms with E-state index in [4.69, 9.17) is 9.47 Å². The van der Waals surface area contributed by atoms with E-state index >= 15 is 0 Å². The maximum Gasteiger partial charge on any atom is 0.343 e. The average molecular weight is 453 g/mol. The van der Waals surface area contributed by atoms with Gasteiger partial charge in [-0.05, 0) is 53.4 Å². The van der Waals surface area contributed by atoms with Crippen LogP contribution in [0, 0.1) is 0 Å². The summed E-state index contributed by atoms with van der Waals surface area (Å²) in [5.41, 5.74) is 2.55. The van der Waals surface area contributed by atoms with Crippen LogP contribution in [0.5, 0.6) is 11.5 Å². The number of ether oxygens (including phenoxy) is 2. The fourth-order valence-electron chi connectivity index (χ4n) is 2.95. The molecule has 0 bridgehead atoms. The van der Waals surface area contributed by atoms with Crippen LogP contribution in [0.2, 0.25) is 0 Å². The summed E-state index contributed by atoms with van der Waals surface area (Å²) in [6, 6.07) is 23.0. The average Bonchev–Trinajstić information content (AvgIpc) is 2.70. The molecule has 0 aromatic heterocycles. The van der Waals surface area contributed by atoms with Crippen LogP contribution in [-0.4, -0.2) is 12.6 Å². The molecule has 0 unspecified atom stereocenters. The smallest absolute Gasteiger partial charge is 0.343 e. The lowest BCUT2D eigenvalue weighted by Gasteiger charge is -2.22. The molecule has 0 N–H and O–H groups in total. The minimum atomic E-state index is -0.381. The highest BCUT2D eigenvalue weighted by Crippen LogP contribution is 2.34. The van der Waals surface area contributed by atoms with Crippen LogP contribution in [0.25, 0.3) is 0 Å². The number of rotatable bonds is 6. The van der Waals surface area contributed by atoms with E-state index in [9.17, 15) is 4.79 Å². The highest BCUT2D eigenvalue weighted by Gasteiger charge is 2.21. The molecule has 0 radical (unpaired) electrons. The third-order valence-electron chi connectivity index (χ3n) is 4.54. The van der Waals surface area contributed by atoms with Crippen molar-refractivity contribution in [3.63, 3.8) is 0 Å². The van der Waals surface area contributed by atoms with Gasteiger partial charge in [0.05, 0.1) is 12.2 Å². The summed E-state index contributed by atoms with van der Waals surface area (Å²) < 4.78 is 12.4. The SMILES string of the molecule is CC(C)(C)c1cc(Br)ccc1OC(=O)c1ccc(OCCc2ccccc2)cc1. The normalized spacial score (nSPS) is 11.2. The van der Waals surface area contributed by atoms with Gasteiger partial charge >= 0.3 is 5.97 Å². The quantitative estimate of drug-likeness (QED) is 0.312. The van der Waals surface area contributed by atoms with Crippen LogP contribution in [0.3, 0.4) is 0 Å². The molecule has 0 fully saturated rings. The Morgan fingerprint density at radius 3 is 2.28 bits per heavy atom. The van der Waals surface area contributed by atoms with Crippen LogP contribution >= 0.6 is 15.9 Å². The molecule has 0 aliphatic heterocycles. The predicted molar refractivity (Wildman–Crippen MR) is 120 cm³/mol. The number of halogens is 1. The number of benzene rings is 3. The molecule has 4 heteroatoms. The number of hydrogen-bond acceptors (Lipinski definition) is 3. The van der Waals surface area contributed by atoms with E-state index in [1.165, 1.54) is 5.56 Å². The molecule has 0 aliphatic rings. The van der Waals surface area contributed by atoms with Crippen LogP contribution in [0.1, 0.15) is 42.3 Å². The van der Waals surface area contributed by atoms with E-state index in [1.807, 2.05) is 36.4 Å². The van der Waals surface area contributed by atoms with Crippen LogP contribution in [-0.2, 0) is 11.8 Å². The van der Waals surface area contributed by atoms with Gasteiger partial charge in [0, 0.05) is 16.5 Å². The van der Waals surface area contributed by atoms with Gasteiger partial charge in [0.1, 0.15) is 11.5 Å². The zero-order valence-corrected chi connectivity index (χ0v) is 18.5. The highest BCUT2D eigenvalue weighted by atomic mass is 79.9. The maximum atomic E-state index is 12.6. The molecule has 150 valence electrons. The first-order valence-corrected chi connectivity index (χ1v) is 10.4. The molecule has 0 heterocycles.